The van der Waals surface area contributed by atoms with Crippen LogP contribution >= 0.6 is 0 Å². The number of nitriles is 1. The van der Waals surface area contributed by atoms with Crippen molar-refractivity contribution < 1.29 is 17.6 Å². The van der Waals surface area contributed by atoms with Gasteiger partial charge in [-0.05, 0) is 18.2 Å². The van der Waals surface area contributed by atoms with E-state index in [1.54, 1.807) is 6.07 Å². The van der Waals surface area contributed by atoms with Gasteiger partial charge in [-0.15, -0.1) is 0 Å². The molecule has 112 valence electrons. The highest BCUT2D eigenvalue weighted by Crippen LogP contribution is 2.16. The van der Waals surface area contributed by atoms with E-state index in [-0.39, 0.29) is 29.2 Å². The molecule has 1 aliphatic rings. The summed E-state index contributed by atoms with van der Waals surface area (Å²) in [5, 5.41) is 14.0. The van der Waals surface area contributed by atoms with Gasteiger partial charge in [0.25, 0.3) is 0 Å². The third-order valence-electron chi connectivity index (χ3n) is 3.11. The maximum atomic E-state index is 13.6. The van der Waals surface area contributed by atoms with Gasteiger partial charge in [0.05, 0.1) is 28.8 Å². The van der Waals surface area contributed by atoms with Gasteiger partial charge in [0.15, 0.2) is 9.84 Å². The molecule has 1 fully saturated rings. The van der Waals surface area contributed by atoms with E-state index in [4.69, 9.17) is 5.26 Å². The van der Waals surface area contributed by atoms with Crippen molar-refractivity contribution >= 4 is 21.4 Å². The molecule has 1 saturated heterocycles. The molecule has 8 heteroatoms. The Kier molecular flexibility index (Phi) is 4.55. The van der Waals surface area contributed by atoms with Gasteiger partial charge in [0.1, 0.15) is 5.82 Å². The quantitative estimate of drug-likeness (QED) is 0.842. The number of rotatable bonds is 3. The lowest BCUT2D eigenvalue weighted by atomic mass is 10.2. The number of sulfone groups is 1. The summed E-state index contributed by atoms with van der Waals surface area (Å²) in [6, 6.07) is 5.05. The van der Waals surface area contributed by atoms with Crippen LogP contribution in [0.3, 0.4) is 0 Å². The Bertz CT molecular complexity index is 697. The fourth-order valence-electron chi connectivity index (χ4n) is 2.11. The first-order valence-corrected chi connectivity index (χ1v) is 8.15. The van der Waals surface area contributed by atoms with Crippen molar-refractivity contribution in [2.75, 3.05) is 23.4 Å². The lowest BCUT2D eigenvalue weighted by molar-refractivity contribution is -0.116. The van der Waals surface area contributed by atoms with Crippen LogP contribution in [0, 0.1) is 17.1 Å². The van der Waals surface area contributed by atoms with E-state index >= 15 is 0 Å². The van der Waals surface area contributed by atoms with Crippen molar-refractivity contribution in [1.29, 1.82) is 5.26 Å². The normalized spacial score (nSPS) is 20.5. The number of hydrogen-bond donors (Lipinski definition) is 2. The zero-order valence-corrected chi connectivity index (χ0v) is 11.9. The molecule has 1 unspecified atom stereocenters. The van der Waals surface area contributed by atoms with Gasteiger partial charge < -0.3 is 10.6 Å². The average Bonchev–Trinajstić information content (AvgIpc) is 2.39. The summed E-state index contributed by atoms with van der Waals surface area (Å²) in [6.45, 7) is 0.311. The standard InChI is InChI=1S/C13H14FN3O3S/c14-11-5-9(7-15)1-2-12(11)17-13(18)6-10-8-21(19,20)4-3-16-10/h1-2,5,10,16H,3-4,6,8H2,(H,17,18). The zero-order valence-electron chi connectivity index (χ0n) is 11.1. The predicted molar refractivity (Wildman–Crippen MR) is 74.8 cm³/mol. The molecule has 2 N–H and O–H groups in total. The SMILES string of the molecule is N#Cc1ccc(NC(=O)CC2CS(=O)(=O)CCN2)c(F)c1. The molecule has 1 atom stereocenters. The van der Waals surface area contributed by atoms with E-state index in [1.807, 2.05) is 0 Å². The van der Waals surface area contributed by atoms with E-state index in [0.717, 1.165) is 6.07 Å². The van der Waals surface area contributed by atoms with Crippen molar-refractivity contribution in [2.45, 2.75) is 12.5 Å². The second kappa shape index (κ2) is 6.20. The molecule has 0 radical (unpaired) electrons. The number of benzene rings is 1. The summed E-state index contributed by atoms with van der Waals surface area (Å²) in [7, 11) is -3.12. The van der Waals surface area contributed by atoms with Gasteiger partial charge in [0, 0.05) is 19.0 Å². The van der Waals surface area contributed by atoms with Crippen LogP contribution in [0.15, 0.2) is 18.2 Å². The average molecular weight is 311 g/mol. The van der Waals surface area contributed by atoms with Crippen LogP contribution < -0.4 is 10.6 Å². The van der Waals surface area contributed by atoms with Crippen molar-refractivity contribution in [3.05, 3.63) is 29.6 Å². The molecule has 1 aromatic carbocycles. The summed E-state index contributed by atoms with van der Waals surface area (Å²) < 4.78 is 36.5. The minimum Gasteiger partial charge on any atom is -0.324 e. The highest BCUT2D eigenvalue weighted by molar-refractivity contribution is 7.91. The summed E-state index contributed by atoms with van der Waals surface area (Å²) in [5.74, 6) is -1.22. The maximum absolute atomic E-state index is 13.6. The van der Waals surface area contributed by atoms with Crippen LogP contribution in [0.4, 0.5) is 10.1 Å². The Balaban J connectivity index is 1.97. The highest BCUT2D eigenvalue weighted by atomic mass is 32.2. The summed E-state index contributed by atoms with van der Waals surface area (Å²) in [5.41, 5.74) is 0.128. The minimum atomic E-state index is -3.12. The molecule has 1 heterocycles. The van der Waals surface area contributed by atoms with E-state index in [9.17, 15) is 17.6 Å². The van der Waals surface area contributed by atoms with Crippen molar-refractivity contribution in [1.82, 2.24) is 5.32 Å². The van der Waals surface area contributed by atoms with Crippen LogP contribution in [-0.4, -0.2) is 38.4 Å². The fraction of sp³-hybridized carbons (Fsp3) is 0.385. The maximum Gasteiger partial charge on any atom is 0.226 e. The van der Waals surface area contributed by atoms with E-state index < -0.39 is 27.6 Å². The Morgan fingerprint density at radius 1 is 1.52 bits per heavy atom. The molecule has 1 aliphatic heterocycles. The molecule has 21 heavy (non-hydrogen) atoms. The monoisotopic (exact) mass is 311 g/mol. The van der Waals surface area contributed by atoms with Gasteiger partial charge in [0.2, 0.25) is 5.91 Å². The second-order valence-electron chi connectivity index (χ2n) is 4.82. The number of nitrogens with one attached hydrogen (secondary N) is 2. The number of amides is 1. The molecular formula is C13H14FN3O3S. The van der Waals surface area contributed by atoms with Gasteiger partial charge in [-0.2, -0.15) is 5.26 Å². The molecular weight excluding hydrogens is 297 g/mol. The number of carbonyl (C=O) groups is 1. The summed E-state index contributed by atoms with van der Waals surface area (Å²) >= 11 is 0. The van der Waals surface area contributed by atoms with Crippen LogP contribution in [0.5, 0.6) is 0 Å². The fourth-order valence-corrected chi connectivity index (χ4v) is 3.55. The number of halogens is 1. The third-order valence-corrected chi connectivity index (χ3v) is 4.84. The minimum absolute atomic E-state index is 0.0299. The third kappa shape index (κ3) is 4.24. The van der Waals surface area contributed by atoms with E-state index in [0.29, 0.717) is 6.54 Å². The smallest absolute Gasteiger partial charge is 0.226 e. The Hall–Kier alpha value is -1.98. The predicted octanol–water partition coefficient (Wildman–Crippen LogP) is 0.413. The zero-order chi connectivity index (χ0) is 15.5. The topological polar surface area (TPSA) is 99.1 Å². The Labute approximate surface area is 121 Å². The van der Waals surface area contributed by atoms with Gasteiger partial charge in [-0.1, -0.05) is 0 Å². The first-order chi connectivity index (χ1) is 9.89. The van der Waals surface area contributed by atoms with Crippen LogP contribution in [0.1, 0.15) is 12.0 Å². The molecule has 2 rings (SSSR count). The van der Waals surface area contributed by atoms with E-state index in [2.05, 4.69) is 10.6 Å². The lowest BCUT2D eigenvalue weighted by Gasteiger charge is -2.23. The van der Waals surface area contributed by atoms with Crippen LogP contribution in [0.25, 0.3) is 0 Å². The van der Waals surface area contributed by atoms with Crippen molar-refractivity contribution in [3.8, 4) is 6.07 Å². The molecule has 0 bridgehead atoms. The molecule has 0 spiro atoms. The summed E-state index contributed by atoms with van der Waals surface area (Å²) in [6.07, 6.45) is -0.0569. The molecule has 1 aromatic rings. The Morgan fingerprint density at radius 3 is 2.90 bits per heavy atom. The molecule has 1 amide bonds. The van der Waals surface area contributed by atoms with Crippen LogP contribution in [0.2, 0.25) is 0 Å². The first-order valence-electron chi connectivity index (χ1n) is 6.33. The first kappa shape index (κ1) is 15.4. The van der Waals surface area contributed by atoms with Gasteiger partial charge in [-0.3, -0.25) is 4.79 Å². The number of hydrogen-bond acceptors (Lipinski definition) is 5. The number of carbonyl (C=O) groups excluding carboxylic acids is 1. The lowest BCUT2D eigenvalue weighted by Crippen LogP contribution is -2.46. The highest BCUT2D eigenvalue weighted by Gasteiger charge is 2.26. The van der Waals surface area contributed by atoms with E-state index in [1.165, 1.54) is 12.1 Å². The molecule has 0 aromatic heterocycles. The Morgan fingerprint density at radius 2 is 2.29 bits per heavy atom. The largest absolute Gasteiger partial charge is 0.324 e. The van der Waals surface area contributed by atoms with Crippen molar-refractivity contribution in [3.63, 3.8) is 0 Å². The number of nitrogens with zero attached hydrogens (tertiary/aromatic N) is 1. The summed E-state index contributed by atoms with van der Waals surface area (Å²) in [4.78, 5) is 11.8. The van der Waals surface area contributed by atoms with Crippen LogP contribution in [-0.2, 0) is 14.6 Å². The number of anilines is 1. The molecule has 0 saturated carbocycles. The van der Waals surface area contributed by atoms with Crippen molar-refractivity contribution in [2.24, 2.45) is 0 Å². The van der Waals surface area contributed by atoms with Gasteiger partial charge in [-0.25, -0.2) is 12.8 Å². The van der Waals surface area contributed by atoms with Gasteiger partial charge >= 0.3 is 0 Å². The molecule has 6 nitrogen and oxygen atoms in total. The molecule has 0 aliphatic carbocycles. The second-order valence-corrected chi connectivity index (χ2v) is 7.05.